The van der Waals surface area contributed by atoms with Crippen molar-refractivity contribution in [1.29, 1.82) is 0 Å². The van der Waals surface area contributed by atoms with Gasteiger partial charge in [-0.1, -0.05) is 12.5 Å². The summed E-state index contributed by atoms with van der Waals surface area (Å²) in [4.78, 5) is 0. The van der Waals surface area contributed by atoms with Gasteiger partial charge in [0.05, 0.1) is 5.60 Å². The predicted molar refractivity (Wildman–Crippen MR) is 40.6 cm³/mol. The van der Waals surface area contributed by atoms with Gasteiger partial charge in [-0.25, -0.2) is 0 Å². The SMILES string of the molecule is C=CC1(O)CC2CCCC21. The molecule has 3 atom stereocenters. The minimum atomic E-state index is -0.471. The molecule has 56 valence electrons. The molecule has 0 heterocycles. The number of fused-ring (bicyclic) bond motifs is 1. The summed E-state index contributed by atoms with van der Waals surface area (Å²) in [5.41, 5.74) is -0.471. The van der Waals surface area contributed by atoms with E-state index in [1.807, 2.05) is 0 Å². The first kappa shape index (κ1) is 6.41. The zero-order valence-electron chi connectivity index (χ0n) is 6.21. The quantitative estimate of drug-likeness (QED) is 0.547. The predicted octanol–water partition coefficient (Wildman–Crippen LogP) is 1.72. The van der Waals surface area contributed by atoms with E-state index in [0.717, 1.165) is 12.3 Å². The third-order valence-corrected chi connectivity index (χ3v) is 3.24. The Morgan fingerprint density at radius 3 is 2.90 bits per heavy atom. The van der Waals surface area contributed by atoms with Crippen molar-refractivity contribution >= 4 is 0 Å². The van der Waals surface area contributed by atoms with Gasteiger partial charge in [-0.2, -0.15) is 0 Å². The second kappa shape index (κ2) is 1.85. The third-order valence-electron chi connectivity index (χ3n) is 3.24. The minimum absolute atomic E-state index is 0.471. The van der Waals surface area contributed by atoms with Crippen LogP contribution in [0.3, 0.4) is 0 Å². The molecule has 3 unspecified atom stereocenters. The summed E-state index contributed by atoms with van der Waals surface area (Å²) in [6.07, 6.45) is 6.57. The van der Waals surface area contributed by atoms with Gasteiger partial charge in [0.15, 0.2) is 0 Å². The Kier molecular flexibility index (Phi) is 1.19. The highest BCUT2D eigenvalue weighted by Gasteiger charge is 2.52. The molecule has 2 aliphatic rings. The molecule has 1 nitrogen and oxygen atoms in total. The Labute approximate surface area is 61.8 Å². The van der Waals surface area contributed by atoms with Crippen molar-refractivity contribution in [2.24, 2.45) is 11.8 Å². The molecule has 0 spiro atoms. The van der Waals surface area contributed by atoms with E-state index >= 15 is 0 Å². The third kappa shape index (κ3) is 0.615. The molecule has 2 saturated carbocycles. The maximum absolute atomic E-state index is 9.77. The normalized spacial score (nSPS) is 51.7. The first-order chi connectivity index (χ1) is 4.76. The summed E-state index contributed by atoms with van der Waals surface area (Å²) in [7, 11) is 0. The molecule has 0 aromatic carbocycles. The van der Waals surface area contributed by atoms with E-state index in [9.17, 15) is 5.11 Å². The lowest BCUT2D eigenvalue weighted by molar-refractivity contribution is -0.0845. The molecule has 0 aromatic rings. The Balaban J connectivity index is 2.12. The minimum Gasteiger partial charge on any atom is -0.385 e. The monoisotopic (exact) mass is 138 g/mol. The van der Waals surface area contributed by atoms with Gasteiger partial charge in [0.1, 0.15) is 0 Å². The Hall–Kier alpha value is -0.300. The summed E-state index contributed by atoms with van der Waals surface area (Å²) >= 11 is 0. The van der Waals surface area contributed by atoms with Gasteiger partial charge in [0.2, 0.25) is 0 Å². The van der Waals surface area contributed by atoms with E-state index in [1.54, 1.807) is 6.08 Å². The molecular formula is C9H14O. The maximum atomic E-state index is 9.77. The van der Waals surface area contributed by atoms with Crippen LogP contribution < -0.4 is 0 Å². The largest absolute Gasteiger partial charge is 0.385 e. The van der Waals surface area contributed by atoms with E-state index in [2.05, 4.69) is 6.58 Å². The molecule has 0 aliphatic heterocycles. The van der Waals surface area contributed by atoms with Gasteiger partial charge >= 0.3 is 0 Å². The number of hydrogen-bond donors (Lipinski definition) is 1. The maximum Gasteiger partial charge on any atom is 0.0858 e. The summed E-state index contributed by atoms with van der Waals surface area (Å²) < 4.78 is 0. The second-order valence-electron chi connectivity index (χ2n) is 3.70. The first-order valence-electron chi connectivity index (χ1n) is 4.12. The summed E-state index contributed by atoms with van der Waals surface area (Å²) in [5.74, 6) is 1.38. The van der Waals surface area contributed by atoms with Crippen molar-refractivity contribution in [3.05, 3.63) is 12.7 Å². The highest BCUT2D eigenvalue weighted by molar-refractivity contribution is 5.13. The van der Waals surface area contributed by atoms with Crippen molar-refractivity contribution in [2.45, 2.75) is 31.3 Å². The van der Waals surface area contributed by atoms with E-state index in [4.69, 9.17) is 0 Å². The van der Waals surface area contributed by atoms with Gasteiger partial charge < -0.3 is 5.11 Å². The lowest BCUT2D eigenvalue weighted by atomic mass is 9.63. The van der Waals surface area contributed by atoms with Crippen LogP contribution in [-0.2, 0) is 0 Å². The molecule has 0 saturated heterocycles. The lowest BCUT2D eigenvalue weighted by Gasteiger charge is -2.46. The average molecular weight is 138 g/mol. The summed E-state index contributed by atoms with van der Waals surface area (Å²) in [6.45, 7) is 3.66. The van der Waals surface area contributed by atoms with Gasteiger partial charge in [-0.05, 0) is 31.1 Å². The van der Waals surface area contributed by atoms with Crippen LogP contribution in [0.1, 0.15) is 25.7 Å². The Morgan fingerprint density at radius 2 is 2.30 bits per heavy atom. The van der Waals surface area contributed by atoms with Crippen LogP contribution in [0.25, 0.3) is 0 Å². The van der Waals surface area contributed by atoms with Gasteiger partial charge in [0, 0.05) is 0 Å². The van der Waals surface area contributed by atoms with Crippen LogP contribution in [0.5, 0.6) is 0 Å². The first-order valence-corrected chi connectivity index (χ1v) is 4.12. The molecule has 1 N–H and O–H groups in total. The smallest absolute Gasteiger partial charge is 0.0858 e. The van der Waals surface area contributed by atoms with E-state index in [-0.39, 0.29) is 0 Å². The highest BCUT2D eigenvalue weighted by Crippen LogP contribution is 2.53. The number of rotatable bonds is 1. The van der Waals surface area contributed by atoms with Crippen molar-refractivity contribution < 1.29 is 5.11 Å². The van der Waals surface area contributed by atoms with E-state index < -0.39 is 5.60 Å². The summed E-state index contributed by atoms with van der Waals surface area (Å²) in [6, 6.07) is 0. The highest BCUT2D eigenvalue weighted by atomic mass is 16.3. The molecule has 10 heavy (non-hydrogen) atoms. The molecule has 0 amide bonds. The zero-order chi connectivity index (χ0) is 7.19. The van der Waals surface area contributed by atoms with Crippen molar-refractivity contribution in [1.82, 2.24) is 0 Å². The Morgan fingerprint density at radius 1 is 1.50 bits per heavy atom. The van der Waals surface area contributed by atoms with Crippen molar-refractivity contribution in [2.75, 3.05) is 0 Å². The van der Waals surface area contributed by atoms with Crippen molar-refractivity contribution in [3.63, 3.8) is 0 Å². The van der Waals surface area contributed by atoms with Crippen LogP contribution in [-0.4, -0.2) is 10.7 Å². The number of hydrogen-bond acceptors (Lipinski definition) is 1. The van der Waals surface area contributed by atoms with Gasteiger partial charge in [0.25, 0.3) is 0 Å². The van der Waals surface area contributed by atoms with Crippen LogP contribution in [0.2, 0.25) is 0 Å². The molecule has 2 aliphatic carbocycles. The topological polar surface area (TPSA) is 20.2 Å². The second-order valence-corrected chi connectivity index (χ2v) is 3.70. The van der Waals surface area contributed by atoms with Crippen LogP contribution >= 0.6 is 0 Å². The molecule has 1 heteroatoms. The fourth-order valence-electron chi connectivity index (χ4n) is 2.58. The van der Waals surface area contributed by atoms with Gasteiger partial charge in [-0.3, -0.25) is 0 Å². The average Bonchev–Trinajstić information content (AvgIpc) is 2.30. The van der Waals surface area contributed by atoms with Crippen LogP contribution in [0, 0.1) is 11.8 Å². The fourth-order valence-corrected chi connectivity index (χ4v) is 2.58. The molecule has 2 rings (SSSR count). The zero-order valence-corrected chi connectivity index (χ0v) is 6.21. The fraction of sp³-hybridized carbons (Fsp3) is 0.778. The molecule has 0 radical (unpaired) electrons. The Bertz CT molecular complexity index is 164. The molecule has 0 aromatic heterocycles. The van der Waals surface area contributed by atoms with Gasteiger partial charge in [-0.15, -0.1) is 6.58 Å². The number of aliphatic hydroxyl groups is 1. The summed E-state index contributed by atoms with van der Waals surface area (Å²) in [5, 5.41) is 9.77. The van der Waals surface area contributed by atoms with Crippen molar-refractivity contribution in [3.8, 4) is 0 Å². The van der Waals surface area contributed by atoms with Crippen LogP contribution in [0.15, 0.2) is 12.7 Å². The van der Waals surface area contributed by atoms with E-state index in [1.165, 1.54) is 19.3 Å². The van der Waals surface area contributed by atoms with Crippen LogP contribution in [0.4, 0.5) is 0 Å². The molecule has 2 fully saturated rings. The van der Waals surface area contributed by atoms with E-state index in [0.29, 0.717) is 5.92 Å². The molecule has 0 bridgehead atoms. The standard InChI is InChI=1S/C9H14O/c1-2-9(10)6-7-4-3-5-8(7)9/h2,7-8,10H,1,3-6H2. The molecular weight excluding hydrogens is 124 g/mol. The lowest BCUT2D eigenvalue weighted by Crippen LogP contribution is -2.49.